The van der Waals surface area contributed by atoms with Crippen molar-refractivity contribution < 1.29 is 0 Å². The molecule has 106 valence electrons. The molecule has 0 aromatic heterocycles. The summed E-state index contributed by atoms with van der Waals surface area (Å²) in [6, 6.07) is 0. The van der Waals surface area contributed by atoms with Gasteiger partial charge in [-0.25, -0.2) is 0 Å². The van der Waals surface area contributed by atoms with Gasteiger partial charge in [0.1, 0.15) is 0 Å². The molecule has 3 heteroatoms. The van der Waals surface area contributed by atoms with Gasteiger partial charge in [-0.15, -0.1) is 0 Å². The molecule has 0 spiro atoms. The van der Waals surface area contributed by atoms with E-state index in [4.69, 9.17) is 0 Å². The predicted octanol–water partition coefficient (Wildman–Crippen LogP) is 3.19. The van der Waals surface area contributed by atoms with Crippen LogP contribution in [0.3, 0.4) is 0 Å². The van der Waals surface area contributed by atoms with Gasteiger partial charge in [0, 0.05) is 0 Å². The van der Waals surface area contributed by atoms with Gasteiger partial charge < -0.3 is 0 Å². The van der Waals surface area contributed by atoms with Crippen molar-refractivity contribution in [3.8, 4) is 0 Å². The van der Waals surface area contributed by atoms with Crippen molar-refractivity contribution in [2.45, 2.75) is 57.9 Å². The molecule has 0 aromatic rings. The van der Waals surface area contributed by atoms with E-state index in [9.17, 15) is 0 Å². The van der Waals surface area contributed by atoms with E-state index in [1.54, 1.807) is 0 Å². The van der Waals surface area contributed by atoms with Crippen LogP contribution in [0.15, 0.2) is 0 Å². The minimum atomic E-state index is 0.962. The molecular formula is C15H33GaN2. The normalized spacial score (nSPS) is 11.9. The third-order valence-electron chi connectivity index (χ3n) is 3.89. The van der Waals surface area contributed by atoms with Crippen molar-refractivity contribution in [2.24, 2.45) is 0 Å². The maximum absolute atomic E-state index is 2.54. The number of hydrogen-bond donors (Lipinski definition) is 0. The van der Waals surface area contributed by atoms with E-state index in [2.05, 4.69) is 37.5 Å². The van der Waals surface area contributed by atoms with Crippen LogP contribution in [-0.2, 0) is 0 Å². The van der Waals surface area contributed by atoms with Crippen LogP contribution in [0.4, 0.5) is 0 Å². The molecule has 0 N–H and O–H groups in total. The third-order valence-corrected chi connectivity index (χ3v) is 5.29. The number of nitrogens with zero attached hydrogens (tertiary/aromatic N) is 2. The van der Waals surface area contributed by atoms with Crippen LogP contribution in [0.5, 0.6) is 0 Å². The standard InChI is InChI=1S/C15H33N2.Ga/c1-5-16(6-2)14-12-10-9-11-13-15-17(7-3)8-4;/h9H,5-8,10-15H2,1-4H3;. The third kappa shape index (κ3) is 9.48. The molecule has 0 amide bonds. The van der Waals surface area contributed by atoms with Crippen LogP contribution in [-0.4, -0.2) is 67.7 Å². The van der Waals surface area contributed by atoms with Gasteiger partial charge in [-0.3, -0.25) is 0 Å². The molecule has 18 heavy (non-hydrogen) atoms. The Morgan fingerprint density at radius 3 is 1.33 bits per heavy atom. The van der Waals surface area contributed by atoms with Crippen molar-refractivity contribution in [3.63, 3.8) is 0 Å². The molecular weight excluding hydrogens is 278 g/mol. The van der Waals surface area contributed by atoms with Crippen LogP contribution in [0, 0.1) is 0 Å². The van der Waals surface area contributed by atoms with Gasteiger partial charge in [0.25, 0.3) is 0 Å². The van der Waals surface area contributed by atoms with Crippen LogP contribution < -0.4 is 0 Å². The summed E-state index contributed by atoms with van der Waals surface area (Å²) < 4.78 is 0.962. The van der Waals surface area contributed by atoms with Crippen LogP contribution in [0.1, 0.15) is 53.4 Å². The molecule has 2 radical (unpaired) electrons. The molecule has 0 rings (SSSR count). The van der Waals surface area contributed by atoms with Gasteiger partial charge in [-0.05, 0) is 0 Å². The summed E-state index contributed by atoms with van der Waals surface area (Å²) in [6.07, 6.45) is 5.62. The molecule has 0 heterocycles. The van der Waals surface area contributed by atoms with E-state index in [-0.39, 0.29) is 0 Å². The van der Waals surface area contributed by atoms with Crippen molar-refractivity contribution in [3.05, 3.63) is 0 Å². The Hall–Kier alpha value is 0.556. The summed E-state index contributed by atoms with van der Waals surface area (Å²) >= 11 is 1.95. The molecule has 0 bridgehead atoms. The summed E-state index contributed by atoms with van der Waals surface area (Å²) in [4.78, 5) is 5.07. The average Bonchev–Trinajstić information content (AvgIpc) is 2.40. The van der Waals surface area contributed by atoms with Crippen LogP contribution in [0.2, 0.25) is 4.47 Å². The van der Waals surface area contributed by atoms with Gasteiger partial charge in [0.05, 0.1) is 0 Å². The topological polar surface area (TPSA) is 6.48 Å². The van der Waals surface area contributed by atoms with Crippen molar-refractivity contribution in [1.29, 1.82) is 0 Å². The Balaban J connectivity index is 3.50. The van der Waals surface area contributed by atoms with Gasteiger partial charge in [-0.1, -0.05) is 0 Å². The van der Waals surface area contributed by atoms with Crippen molar-refractivity contribution in [1.82, 2.24) is 9.80 Å². The molecule has 0 aliphatic carbocycles. The molecule has 0 saturated heterocycles. The van der Waals surface area contributed by atoms with Gasteiger partial charge >= 0.3 is 126 Å². The summed E-state index contributed by atoms with van der Waals surface area (Å²) in [6.45, 7) is 16.5. The summed E-state index contributed by atoms with van der Waals surface area (Å²) in [7, 11) is 0. The summed E-state index contributed by atoms with van der Waals surface area (Å²) in [5, 5.41) is 0. The average molecular weight is 311 g/mol. The second-order valence-electron chi connectivity index (χ2n) is 5.10. The zero-order chi connectivity index (χ0) is 13.8. The fourth-order valence-electron chi connectivity index (χ4n) is 2.38. The monoisotopic (exact) mass is 310 g/mol. The zero-order valence-electron chi connectivity index (χ0n) is 13.1. The van der Waals surface area contributed by atoms with E-state index < -0.39 is 0 Å². The van der Waals surface area contributed by atoms with Gasteiger partial charge in [-0.2, -0.15) is 0 Å². The number of hydrogen-bond acceptors (Lipinski definition) is 2. The Labute approximate surface area is 125 Å². The molecule has 0 fully saturated rings. The van der Waals surface area contributed by atoms with Crippen LogP contribution >= 0.6 is 0 Å². The van der Waals surface area contributed by atoms with Gasteiger partial charge in [0.15, 0.2) is 0 Å². The SMILES string of the molecule is CCN(CC)CCC[CH]([Ga])CCCN(CC)CC. The minimum absolute atomic E-state index is 0.962. The second kappa shape index (κ2) is 12.6. The first-order valence-corrected chi connectivity index (χ1v) is 9.27. The van der Waals surface area contributed by atoms with Crippen LogP contribution in [0.25, 0.3) is 0 Å². The van der Waals surface area contributed by atoms with E-state index in [0.717, 1.165) is 4.47 Å². The van der Waals surface area contributed by atoms with Gasteiger partial charge in [0.2, 0.25) is 0 Å². The Morgan fingerprint density at radius 1 is 0.722 bits per heavy atom. The van der Waals surface area contributed by atoms with E-state index in [0.29, 0.717) is 0 Å². The van der Waals surface area contributed by atoms with E-state index in [1.165, 1.54) is 65.0 Å². The Bertz CT molecular complexity index is 150. The fraction of sp³-hybridized carbons (Fsp3) is 1.00. The molecule has 0 aromatic carbocycles. The predicted molar refractivity (Wildman–Crippen MR) is 83.5 cm³/mol. The fourth-order valence-corrected chi connectivity index (χ4v) is 3.37. The van der Waals surface area contributed by atoms with E-state index in [1.807, 2.05) is 18.6 Å². The second-order valence-corrected chi connectivity index (χ2v) is 7.08. The summed E-state index contributed by atoms with van der Waals surface area (Å²) in [5.41, 5.74) is 0. The first-order chi connectivity index (χ1) is 8.67. The zero-order valence-corrected chi connectivity index (χ0v) is 15.5. The molecule has 0 unspecified atom stereocenters. The molecule has 2 nitrogen and oxygen atoms in total. The molecule has 0 saturated carbocycles. The van der Waals surface area contributed by atoms with Crippen molar-refractivity contribution >= 4 is 18.6 Å². The first-order valence-electron chi connectivity index (χ1n) is 7.88. The Kier molecular flexibility index (Phi) is 13.0. The Morgan fingerprint density at radius 2 is 1.06 bits per heavy atom. The summed E-state index contributed by atoms with van der Waals surface area (Å²) in [5.74, 6) is 0. The molecule has 0 aliphatic heterocycles. The molecule has 0 aliphatic rings. The van der Waals surface area contributed by atoms with E-state index >= 15 is 0 Å². The van der Waals surface area contributed by atoms with Crippen molar-refractivity contribution in [2.75, 3.05) is 39.3 Å². The number of rotatable bonds is 12. The first kappa shape index (κ1) is 18.6. The quantitative estimate of drug-likeness (QED) is 0.511. The molecule has 0 atom stereocenters. The maximum atomic E-state index is 2.54.